The first-order valence-corrected chi connectivity index (χ1v) is 9.31. The molecule has 1 aliphatic heterocycles. The number of hydrogen-bond acceptors (Lipinski definition) is 3. The first kappa shape index (κ1) is 15.4. The van der Waals surface area contributed by atoms with Crippen molar-refractivity contribution in [1.29, 1.82) is 0 Å². The van der Waals surface area contributed by atoms with Crippen molar-refractivity contribution in [2.24, 2.45) is 5.92 Å². The smallest absolute Gasteiger partial charge is 0.251 e. The molecular weight excluding hydrogens is 320 g/mol. The lowest BCUT2D eigenvalue weighted by Gasteiger charge is -2.32. The molecule has 2 amide bonds. The number of carbonyl (C=O) groups excluding carboxylic acids is 2. The topological polar surface area (TPSA) is 49.4 Å². The number of rotatable bonds is 4. The Morgan fingerprint density at radius 2 is 2.00 bits per heavy atom. The fourth-order valence-corrected chi connectivity index (χ4v) is 4.62. The summed E-state index contributed by atoms with van der Waals surface area (Å²) in [5.41, 5.74) is 1.80. The van der Waals surface area contributed by atoms with Crippen LogP contribution in [0.5, 0.6) is 0 Å². The molecule has 2 bridgehead atoms. The zero-order valence-electron chi connectivity index (χ0n) is 13.4. The third-order valence-corrected chi connectivity index (χ3v) is 5.88. The van der Waals surface area contributed by atoms with Crippen LogP contribution in [-0.2, 0) is 11.2 Å². The van der Waals surface area contributed by atoms with Gasteiger partial charge in [0.2, 0.25) is 5.91 Å². The highest BCUT2D eigenvalue weighted by Gasteiger charge is 2.46. The highest BCUT2D eigenvalue weighted by Crippen LogP contribution is 2.38. The van der Waals surface area contributed by atoms with E-state index in [1.54, 1.807) is 11.3 Å². The van der Waals surface area contributed by atoms with Crippen LogP contribution in [0.3, 0.4) is 0 Å². The van der Waals surface area contributed by atoms with Gasteiger partial charge in [0.15, 0.2) is 0 Å². The molecule has 1 aliphatic carbocycles. The van der Waals surface area contributed by atoms with E-state index in [0.717, 1.165) is 24.9 Å². The van der Waals surface area contributed by atoms with Crippen LogP contribution in [0.25, 0.3) is 0 Å². The van der Waals surface area contributed by atoms with Gasteiger partial charge in [0.25, 0.3) is 5.91 Å². The van der Waals surface area contributed by atoms with E-state index in [2.05, 4.69) is 5.32 Å². The average molecular weight is 340 g/mol. The maximum atomic E-state index is 12.5. The fourth-order valence-electron chi connectivity index (χ4n) is 3.95. The molecule has 0 unspecified atom stereocenters. The molecule has 3 atom stereocenters. The largest absolute Gasteiger partial charge is 0.349 e. The number of benzene rings is 1. The van der Waals surface area contributed by atoms with Gasteiger partial charge in [0.05, 0.1) is 6.42 Å². The summed E-state index contributed by atoms with van der Waals surface area (Å²) in [4.78, 5) is 26.8. The van der Waals surface area contributed by atoms with Crippen molar-refractivity contribution in [1.82, 2.24) is 10.2 Å². The Kier molecular flexibility index (Phi) is 4.10. The number of carbonyl (C=O) groups is 2. The summed E-state index contributed by atoms with van der Waals surface area (Å²) >= 11 is 1.63. The number of thiophene rings is 1. The van der Waals surface area contributed by atoms with Gasteiger partial charge in [-0.25, -0.2) is 0 Å². The van der Waals surface area contributed by atoms with E-state index >= 15 is 0 Å². The lowest BCUT2D eigenvalue weighted by atomic mass is 10.0. The van der Waals surface area contributed by atoms with Crippen LogP contribution in [-0.4, -0.2) is 35.3 Å². The van der Waals surface area contributed by atoms with E-state index in [9.17, 15) is 9.59 Å². The van der Waals surface area contributed by atoms with Gasteiger partial charge in [0, 0.05) is 24.2 Å². The standard InChI is InChI=1S/C19H20N2O2S/c22-18(8-13-6-7-24-12-13)21-11-15-9-16(21)10-17(15)20-19(23)14-4-2-1-3-5-14/h1-7,12,15-17H,8-11H2,(H,20,23)/t15-,16-,17-/m0/s1. The summed E-state index contributed by atoms with van der Waals surface area (Å²) in [7, 11) is 0. The van der Waals surface area contributed by atoms with Crippen LogP contribution in [0, 0.1) is 5.92 Å². The second kappa shape index (κ2) is 6.40. The average Bonchev–Trinajstić information content (AvgIpc) is 3.32. The molecule has 2 fully saturated rings. The number of nitrogens with zero attached hydrogens (tertiary/aromatic N) is 1. The van der Waals surface area contributed by atoms with Gasteiger partial charge in [0.1, 0.15) is 0 Å². The Bertz CT molecular complexity index is 729. The minimum Gasteiger partial charge on any atom is -0.349 e. The molecule has 2 aromatic rings. The Morgan fingerprint density at radius 1 is 1.17 bits per heavy atom. The Morgan fingerprint density at radius 3 is 2.67 bits per heavy atom. The molecule has 1 saturated carbocycles. The molecule has 4 nitrogen and oxygen atoms in total. The quantitative estimate of drug-likeness (QED) is 0.930. The van der Waals surface area contributed by atoms with Gasteiger partial charge in [-0.1, -0.05) is 18.2 Å². The zero-order valence-corrected chi connectivity index (χ0v) is 14.2. The van der Waals surface area contributed by atoms with E-state index in [0.29, 0.717) is 17.9 Å². The Hall–Kier alpha value is -2.14. The molecule has 124 valence electrons. The molecule has 0 radical (unpaired) electrons. The third-order valence-electron chi connectivity index (χ3n) is 5.15. The fraction of sp³-hybridized carbons (Fsp3) is 0.368. The first-order chi connectivity index (χ1) is 11.7. The molecule has 1 aromatic carbocycles. The Labute approximate surface area is 145 Å². The maximum Gasteiger partial charge on any atom is 0.251 e. The van der Waals surface area contributed by atoms with Crippen molar-refractivity contribution >= 4 is 23.2 Å². The van der Waals surface area contributed by atoms with E-state index in [1.165, 1.54) is 0 Å². The molecule has 1 N–H and O–H groups in total. The lowest BCUT2D eigenvalue weighted by Crippen LogP contribution is -2.48. The van der Waals surface area contributed by atoms with Crippen LogP contribution < -0.4 is 5.32 Å². The summed E-state index contributed by atoms with van der Waals surface area (Å²) in [6.45, 7) is 0.771. The van der Waals surface area contributed by atoms with Crippen molar-refractivity contribution in [2.75, 3.05) is 6.54 Å². The van der Waals surface area contributed by atoms with E-state index in [1.807, 2.05) is 52.1 Å². The predicted molar refractivity (Wildman–Crippen MR) is 93.9 cm³/mol. The SMILES string of the molecule is O=C(N[C@H]1C[C@@H]2C[C@H]1CN2C(=O)Cc1ccsc1)c1ccccc1. The van der Waals surface area contributed by atoms with Crippen LogP contribution >= 0.6 is 11.3 Å². The molecule has 0 spiro atoms. The first-order valence-electron chi connectivity index (χ1n) is 8.37. The molecule has 24 heavy (non-hydrogen) atoms. The number of piperidine rings is 1. The highest BCUT2D eigenvalue weighted by atomic mass is 32.1. The monoisotopic (exact) mass is 340 g/mol. The molecule has 2 heterocycles. The molecular formula is C19H20N2O2S. The van der Waals surface area contributed by atoms with Crippen molar-refractivity contribution in [3.8, 4) is 0 Å². The van der Waals surface area contributed by atoms with E-state index < -0.39 is 0 Å². The Balaban J connectivity index is 1.34. The number of likely N-dealkylation sites (tertiary alicyclic amines) is 1. The molecule has 4 rings (SSSR count). The van der Waals surface area contributed by atoms with Gasteiger partial charge in [-0.2, -0.15) is 11.3 Å². The second-order valence-corrected chi connectivity index (χ2v) is 7.47. The third kappa shape index (κ3) is 2.96. The normalized spacial score (nSPS) is 25.0. The summed E-state index contributed by atoms with van der Waals surface area (Å²) in [5, 5.41) is 7.20. The van der Waals surface area contributed by atoms with Gasteiger partial charge >= 0.3 is 0 Å². The number of fused-ring (bicyclic) bond motifs is 2. The summed E-state index contributed by atoms with van der Waals surface area (Å²) in [6, 6.07) is 11.8. The van der Waals surface area contributed by atoms with Gasteiger partial charge in [-0.3, -0.25) is 9.59 Å². The van der Waals surface area contributed by atoms with Crippen LogP contribution in [0.2, 0.25) is 0 Å². The highest BCUT2D eigenvalue weighted by molar-refractivity contribution is 7.08. The van der Waals surface area contributed by atoms with Crippen molar-refractivity contribution in [3.63, 3.8) is 0 Å². The zero-order chi connectivity index (χ0) is 16.5. The van der Waals surface area contributed by atoms with Crippen LogP contribution in [0.1, 0.15) is 28.8 Å². The molecule has 1 aromatic heterocycles. The van der Waals surface area contributed by atoms with Crippen molar-refractivity contribution in [3.05, 3.63) is 58.3 Å². The minimum atomic E-state index is -0.00991. The predicted octanol–water partition coefficient (Wildman–Crippen LogP) is 2.71. The number of hydrogen-bond donors (Lipinski definition) is 1. The minimum absolute atomic E-state index is 0.00991. The summed E-state index contributed by atoms with van der Waals surface area (Å²) in [6.07, 6.45) is 2.38. The van der Waals surface area contributed by atoms with Crippen LogP contribution in [0.4, 0.5) is 0 Å². The molecule has 2 aliphatic rings. The van der Waals surface area contributed by atoms with Crippen molar-refractivity contribution < 1.29 is 9.59 Å². The van der Waals surface area contributed by atoms with E-state index in [-0.39, 0.29) is 23.9 Å². The van der Waals surface area contributed by atoms with Gasteiger partial charge in [-0.05, 0) is 53.3 Å². The number of nitrogens with one attached hydrogen (secondary N) is 1. The van der Waals surface area contributed by atoms with Gasteiger partial charge < -0.3 is 10.2 Å². The van der Waals surface area contributed by atoms with E-state index in [4.69, 9.17) is 0 Å². The maximum absolute atomic E-state index is 12.5. The van der Waals surface area contributed by atoms with Crippen molar-refractivity contribution in [2.45, 2.75) is 31.3 Å². The second-order valence-electron chi connectivity index (χ2n) is 6.69. The molecule has 5 heteroatoms. The lowest BCUT2D eigenvalue weighted by molar-refractivity contribution is -0.132. The van der Waals surface area contributed by atoms with Gasteiger partial charge in [-0.15, -0.1) is 0 Å². The molecule has 1 saturated heterocycles. The summed E-state index contributed by atoms with van der Waals surface area (Å²) in [5.74, 6) is 0.590. The van der Waals surface area contributed by atoms with Crippen LogP contribution in [0.15, 0.2) is 47.2 Å². The number of amides is 2. The summed E-state index contributed by atoms with van der Waals surface area (Å²) < 4.78 is 0.